The Morgan fingerprint density at radius 1 is 1.00 bits per heavy atom. The molecule has 3 aromatic rings. The summed E-state index contributed by atoms with van der Waals surface area (Å²) in [6, 6.07) is 8.87. The van der Waals surface area contributed by atoms with E-state index in [0.717, 1.165) is 12.1 Å². The van der Waals surface area contributed by atoms with E-state index in [0.29, 0.717) is 22.2 Å². The van der Waals surface area contributed by atoms with Gasteiger partial charge in [0.05, 0.1) is 16.8 Å². The number of rotatable bonds is 1. The number of benzene rings is 2. The Kier molecular flexibility index (Phi) is 2.74. The van der Waals surface area contributed by atoms with Crippen LogP contribution in [0.15, 0.2) is 42.5 Å². The molecule has 0 unspecified atom stereocenters. The van der Waals surface area contributed by atoms with Crippen LogP contribution in [0.3, 0.4) is 0 Å². The average molecular weight is 280 g/mol. The van der Waals surface area contributed by atoms with Crippen molar-refractivity contribution in [1.29, 1.82) is 0 Å². The number of alkyl halides is 3. The van der Waals surface area contributed by atoms with E-state index in [9.17, 15) is 17.6 Å². The van der Waals surface area contributed by atoms with Gasteiger partial charge in [-0.2, -0.15) is 18.3 Å². The molecule has 2 aromatic carbocycles. The van der Waals surface area contributed by atoms with Crippen LogP contribution in [0.4, 0.5) is 17.6 Å². The SMILES string of the molecule is Fc1ccc2c(-c3cccc(C(F)(F)F)c3)n[nH]c2c1. The van der Waals surface area contributed by atoms with Gasteiger partial charge < -0.3 is 0 Å². The maximum absolute atomic E-state index is 13.1. The molecule has 0 bridgehead atoms. The van der Waals surface area contributed by atoms with Gasteiger partial charge in [0.1, 0.15) is 5.82 Å². The molecule has 0 aliphatic carbocycles. The van der Waals surface area contributed by atoms with Gasteiger partial charge in [-0.25, -0.2) is 4.39 Å². The molecule has 6 heteroatoms. The summed E-state index contributed by atoms with van der Waals surface area (Å²) in [7, 11) is 0. The zero-order valence-corrected chi connectivity index (χ0v) is 10.0. The van der Waals surface area contributed by atoms with E-state index >= 15 is 0 Å². The molecule has 1 heterocycles. The zero-order chi connectivity index (χ0) is 14.3. The van der Waals surface area contributed by atoms with Crippen molar-refractivity contribution in [3.63, 3.8) is 0 Å². The lowest BCUT2D eigenvalue weighted by molar-refractivity contribution is -0.137. The standard InChI is InChI=1S/C14H8F4N2/c15-10-4-5-11-12(7-10)19-20-13(11)8-2-1-3-9(6-8)14(16,17)18/h1-7H,(H,19,20). The Balaban J connectivity index is 2.16. The number of hydrogen-bond donors (Lipinski definition) is 1. The van der Waals surface area contributed by atoms with E-state index in [1.54, 1.807) is 0 Å². The van der Waals surface area contributed by atoms with Crippen LogP contribution in [-0.2, 0) is 6.18 Å². The van der Waals surface area contributed by atoms with Gasteiger partial charge in [-0.15, -0.1) is 0 Å². The minimum atomic E-state index is -4.41. The van der Waals surface area contributed by atoms with Gasteiger partial charge in [0.15, 0.2) is 0 Å². The van der Waals surface area contributed by atoms with Crippen molar-refractivity contribution in [3.05, 3.63) is 53.8 Å². The number of hydrogen-bond acceptors (Lipinski definition) is 1. The Morgan fingerprint density at radius 3 is 2.55 bits per heavy atom. The molecular weight excluding hydrogens is 272 g/mol. The van der Waals surface area contributed by atoms with Crippen molar-refractivity contribution >= 4 is 10.9 Å². The number of halogens is 4. The molecule has 0 radical (unpaired) electrons. The third-order valence-corrected chi connectivity index (χ3v) is 2.99. The van der Waals surface area contributed by atoms with Crippen LogP contribution in [0.1, 0.15) is 5.56 Å². The molecular formula is C14H8F4N2. The fourth-order valence-electron chi connectivity index (χ4n) is 2.05. The van der Waals surface area contributed by atoms with Crippen LogP contribution in [0.5, 0.6) is 0 Å². The molecule has 0 amide bonds. The van der Waals surface area contributed by atoms with Gasteiger partial charge in [-0.1, -0.05) is 12.1 Å². The third kappa shape index (κ3) is 2.13. The lowest BCUT2D eigenvalue weighted by atomic mass is 10.0. The van der Waals surface area contributed by atoms with E-state index in [1.807, 2.05) is 0 Å². The summed E-state index contributed by atoms with van der Waals surface area (Å²) >= 11 is 0. The van der Waals surface area contributed by atoms with Crippen molar-refractivity contribution in [1.82, 2.24) is 10.2 Å². The van der Waals surface area contributed by atoms with E-state index < -0.39 is 17.6 Å². The Labute approximate surface area is 111 Å². The summed E-state index contributed by atoms with van der Waals surface area (Å²) in [5, 5.41) is 7.16. The van der Waals surface area contributed by atoms with Crippen molar-refractivity contribution in [2.45, 2.75) is 6.18 Å². The number of nitrogens with zero attached hydrogens (tertiary/aromatic N) is 1. The van der Waals surface area contributed by atoms with E-state index in [1.165, 1.54) is 30.3 Å². The lowest BCUT2D eigenvalue weighted by Crippen LogP contribution is -2.04. The quantitative estimate of drug-likeness (QED) is 0.658. The fourth-order valence-corrected chi connectivity index (χ4v) is 2.05. The van der Waals surface area contributed by atoms with Crippen LogP contribution >= 0.6 is 0 Å². The molecule has 0 spiro atoms. The molecule has 0 aliphatic rings. The summed E-state index contributed by atoms with van der Waals surface area (Å²) in [4.78, 5) is 0. The molecule has 0 saturated heterocycles. The molecule has 0 atom stereocenters. The molecule has 0 aliphatic heterocycles. The van der Waals surface area contributed by atoms with Crippen LogP contribution in [0.25, 0.3) is 22.2 Å². The molecule has 1 N–H and O–H groups in total. The van der Waals surface area contributed by atoms with Crippen molar-refractivity contribution in [3.8, 4) is 11.3 Å². The molecule has 2 nitrogen and oxygen atoms in total. The molecule has 102 valence electrons. The van der Waals surface area contributed by atoms with Crippen LogP contribution < -0.4 is 0 Å². The highest BCUT2D eigenvalue weighted by atomic mass is 19.4. The van der Waals surface area contributed by atoms with Gasteiger partial charge >= 0.3 is 6.18 Å². The smallest absolute Gasteiger partial charge is 0.277 e. The first-order valence-electron chi connectivity index (χ1n) is 5.76. The first-order chi connectivity index (χ1) is 9.45. The maximum atomic E-state index is 13.1. The maximum Gasteiger partial charge on any atom is 0.416 e. The Hall–Kier alpha value is -2.37. The normalized spacial score (nSPS) is 12.0. The van der Waals surface area contributed by atoms with Crippen LogP contribution in [-0.4, -0.2) is 10.2 Å². The number of H-pyrrole nitrogens is 1. The third-order valence-electron chi connectivity index (χ3n) is 2.99. The van der Waals surface area contributed by atoms with Gasteiger partial charge in [0, 0.05) is 10.9 Å². The summed E-state index contributed by atoms with van der Waals surface area (Å²) < 4.78 is 51.2. The predicted octanol–water partition coefficient (Wildman–Crippen LogP) is 4.39. The second-order valence-electron chi connectivity index (χ2n) is 4.34. The topological polar surface area (TPSA) is 28.7 Å². The summed E-state index contributed by atoms with van der Waals surface area (Å²) in [5.41, 5.74) is 0.398. The fraction of sp³-hybridized carbons (Fsp3) is 0.0714. The number of aromatic nitrogens is 2. The zero-order valence-electron chi connectivity index (χ0n) is 10.0. The van der Waals surface area contributed by atoms with Gasteiger partial charge in [-0.05, 0) is 30.3 Å². The van der Waals surface area contributed by atoms with Gasteiger partial charge in [-0.3, -0.25) is 5.10 Å². The molecule has 0 saturated carbocycles. The van der Waals surface area contributed by atoms with Crippen molar-refractivity contribution in [2.24, 2.45) is 0 Å². The highest BCUT2D eigenvalue weighted by molar-refractivity contribution is 5.92. The largest absolute Gasteiger partial charge is 0.416 e. The number of fused-ring (bicyclic) bond motifs is 1. The van der Waals surface area contributed by atoms with Crippen LogP contribution in [0, 0.1) is 5.82 Å². The van der Waals surface area contributed by atoms with E-state index in [2.05, 4.69) is 10.2 Å². The van der Waals surface area contributed by atoms with E-state index in [-0.39, 0.29) is 0 Å². The van der Waals surface area contributed by atoms with Crippen molar-refractivity contribution < 1.29 is 17.6 Å². The Bertz CT molecular complexity index is 774. The molecule has 20 heavy (non-hydrogen) atoms. The lowest BCUT2D eigenvalue weighted by Gasteiger charge is -2.07. The second kappa shape index (κ2) is 4.33. The predicted molar refractivity (Wildman–Crippen MR) is 66.5 cm³/mol. The summed E-state index contributed by atoms with van der Waals surface area (Å²) in [6.45, 7) is 0. The second-order valence-corrected chi connectivity index (χ2v) is 4.34. The van der Waals surface area contributed by atoms with Crippen LogP contribution in [0.2, 0.25) is 0 Å². The Morgan fingerprint density at radius 2 is 1.80 bits per heavy atom. The first-order valence-corrected chi connectivity index (χ1v) is 5.76. The average Bonchev–Trinajstić information content (AvgIpc) is 2.80. The summed E-state index contributed by atoms with van der Waals surface area (Å²) in [5.74, 6) is -0.434. The highest BCUT2D eigenvalue weighted by Gasteiger charge is 2.30. The molecule has 0 fully saturated rings. The first kappa shape index (κ1) is 12.7. The van der Waals surface area contributed by atoms with E-state index in [4.69, 9.17) is 0 Å². The minimum Gasteiger partial charge on any atom is -0.277 e. The summed E-state index contributed by atoms with van der Waals surface area (Å²) in [6.07, 6.45) is -4.41. The minimum absolute atomic E-state index is 0.331. The highest BCUT2D eigenvalue weighted by Crippen LogP contribution is 2.33. The van der Waals surface area contributed by atoms with Gasteiger partial charge in [0.25, 0.3) is 0 Å². The van der Waals surface area contributed by atoms with Crippen molar-refractivity contribution in [2.75, 3.05) is 0 Å². The number of aromatic amines is 1. The monoisotopic (exact) mass is 280 g/mol. The molecule has 3 rings (SSSR count). The van der Waals surface area contributed by atoms with Gasteiger partial charge in [0.2, 0.25) is 0 Å². The molecule has 1 aromatic heterocycles. The number of nitrogens with one attached hydrogen (secondary N) is 1.